The molecule has 3 rings (SSSR count). The average molecular weight is 371 g/mol. The summed E-state index contributed by atoms with van der Waals surface area (Å²) in [5, 5.41) is 9.15. The van der Waals surface area contributed by atoms with E-state index in [1.165, 1.54) is 0 Å². The molecule has 146 valence electrons. The van der Waals surface area contributed by atoms with Crippen LogP contribution in [0.2, 0.25) is 0 Å². The summed E-state index contributed by atoms with van der Waals surface area (Å²) in [6.45, 7) is 7.24. The van der Waals surface area contributed by atoms with E-state index >= 15 is 0 Å². The lowest BCUT2D eigenvalue weighted by molar-refractivity contribution is 0.0225. The van der Waals surface area contributed by atoms with Crippen LogP contribution in [0.15, 0.2) is 36.8 Å². The molecule has 1 atom stereocenters. The SMILES string of the molecule is CC(C)(C)OC(=O)N1CCCC1c1ccccc1-c1cncn1CCCO. The number of rotatable bonds is 5. The van der Waals surface area contributed by atoms with Crippen molar-refractivity contribution in [3.8, 4) is 11.3 Å². The van der Waals surface area contributed by atoms with Gasteiger partial charge in [0.1, 0.15) is 5.60 Å². The Morgan fingerprint density at radius 3 is 2.85 bits per heavy atom. The maximum Gasteiger partial charge on any atom is 0.410 e. The number of aliphatic hydroxyl groups excluding tert-OH is 1. The third-order valence-corrected chi connectivity index (χ3v) is 4.75. The Bertz CT molecular complexity index is 779. The number of nitrogens with zero attached hydrogens (tertiary/aromatic N) is 3. The van der Waals surface area contributed by atoms with Crippen LogP contribution in [0.25, 0.3) is 11.3 Å². The van der Waals surface area contributed by atoms with Gasteiger partial charge in [0.05, 0.1) is 24.3 Å². The van der Waals surface area contributed by atoms with Gasteiger partial charge in [-0.05, 0) is 45.6 Å². The fourth-order valence-electron chi connectivity index (χ4n) is 3.61. The second-order valence-electron chi connectivity index (χ2n) is 7.97. The van der Waals surface area contributed by atoms with Crippen molar-refractivity contribution in [1.82, 2.24) is 14.5 Å². The fraction of sp³-hybridized carbons (Fsp3) is 0.524. The Hall–Kier alpha value is -2.34. The summed E-state index contributed by atoms with van der Waals surface area (Å²) in [6, 6.07) is 8.19. The van der Waals surface area contributed by atoms with Crippen molar-refractivity contribution in [2.24, 2.45) is 0 Å². The number of aromatic nitrogens is 2. The number of imidazole rings is 1. The lowest BCUT2D eigenvalue weighted by Gasteiger charge is -2.30. The Labute approximate surface area is 160 Å². The average Bonchev–Trinajstić information content (AvgIpc) is 3.27. The van der Waals surface area contributed by atoms with E-state index in [-0.39, 0.29) is 18.7 Å². The zero-order valence-corrected chi connectivity index (χ0v) is 16.4. The third kappa shape index (κ3) is 4.50. The van der Waals surface area contributed by atoms with Crippen molar-refractivity contribution in [1.29, 1.82) is 0 Å². The predicted octanol–water partition coefficient (Wildman–Crippen LogP) is 4.00. The summed E-state index contributed by atoms with van der Waals surface area (Å²) < 4.78 is 7.68. The molecule has 6 nitrogen and oxygen atoms in total. The van der Waals surface area contributed by atoms with Gasteiger partial charge in [0, 0.05) is 25.3 Å². The molecule has 0 spiro atoms. The van der Waals surface area contributed by atoms with Gasteiger partial charge in [-0.3, -0.25) is 0 Å². The van der Waals surface area contributed by atoms with Gasteiger partial charge in [-0.1, -0.05) is 24.3 Å². The van der Waals surface area contributed by atoms with Crippen LogP contribution in [0.1, 0.15) is 51.6 Å². The molecule has 1 aromatic heterocycles. The second-order valence-corrected chi connectivity index (χ2v) is 7.97. The molecular weight excluding hydrogens is 342 g/mol. The van der Waals surface area contributed by atoms with Crippen LogP contribution in [0.3, 0.4) is 0 Å². The molecule has 1 saturated heterocycles. The van der Waals surface area contributed by atoms with Crippen LogP contribution in [0.5, 0.6) is 0 Å². The lowest BCUT2D eigenvalue weighted by atomic mass is 9.96. The van der Waals surface area contributed by atoms with E-state index in [9.17, 15) is 4.79 Å². The summed E-state index contributed by atoms with van der Waals surface area (Å²) in [6.07, 6.45) is 5.95. The monoisotopic (exact) mass is 371 g/mol. The highest BCUT2D eigenvalue weighted by atomic mass is 16.6. The Morgan fingerprint density at radius 1 is 1.33 bits per heavy atom. The van der Waals surface area contributed by atoms with E-state index in [0.29, 0.717) is 19.5 Å². The van der Waals surface area contributed by atoms with Gasteiger partial charge >= 0.3 is 6.09 Å². The molecule has 27 heavy (non-hydrogen) atoms. The quantitative estimate of drug-likeness (QED) is 0.862. The number of hydrogen-bond donors (Lipinski definition) is 1. The van der Waals surface area contributed by atoms with E-state index in [2.05, 4.69) is 21.7 Å². The number of aliphatic hydroxyl groups is 1. The first-order valence-electron chi connectivity index (χ1n) is 9.60. The van der Waals surface area contributed by atoms with Gasteiger partial charge in [-0.15, -0.1) is 0 Å². The number of likely N-dealkylation sites (tertiary alicyclic amines) is 1. The lowest BCUT2D eigenvalue weighted by Crippen LogP contribution is -2.36. The number of carbonyl (C=O) groups excluding carboxylic acids is 1. The van der Waals surface area contributed by atoms with Crippen LogP contribution in [0, 0.1) is 0 Å². The number of aryl methyl sites for hydroxylation is 1. The number of amides is 1. The zero-order valence-electron chi connectivity index (χ0n) is 16.4. The fourth-order valence-corrected chi connectivity index (χ4v) is 3.61. The van der Waals surface area contributed by atoms with E-state index in [0.717, 1.165) is 29.7 Å². The van der Waals surface area contributed by atoms with Gasteiger partial charge in [-0.2, -0.15) is 0 Å². The van der Waals surface area contributed by atoms with Crippen molar-refractivity contribution in [3.63, 3.8) is 0 Å². The first-order chi connectivity index (χ1) is 12.9. The zero-order chi connectivity index (χ0) is 19.4. The highest BCUT2D eigenvalue weighted by Crippen LogP contribution is 2.38. The minimum Gasteiger partial charge on any atom is -0.444 e. The van der Waals surface area contributed by atoms with Crippen LogP contribution in [-0.2, 0) is 11.3 Å². The maximum atomic E-state index is 12.7. The van der Waals surface area contributed by atoms with Crippen molar-refractivity contribution < 1.29 is 14.6 Å². The van der Waals surface area contributed by atoms with Crippen LogP contribution in [0.4, 0.5) is 4.79 Å². The molecule has 0 bridgehead atoms. The molecule has 0 radical (unpaired) electrons. The van der Waals surface area contributed by atoms with E-state index in [1.807, 2.05) is 44.0 Å². The van der Waals surface area contributed by atoms with Gasteiger partial charge in [0.2, 0.25) is 0 Å². The summed E-state index contributed by atoms with van der Waals surface area (Å²) in [4.78, 5) is 18.9. The van der Waals surface area contributed by atoms with Crippen LogP contribution >= 0.6 is 0 Å². The minimum atomic E-state index is -0.507. The summed E-state index contributed by atoms with van der Waals surface area (Å²) in [5.74, 6) is 0. The standard InChI is InChI=1S/C21H29N3O3/c1-21(2,3)27-20(26)24-12-6-10-18(24)16-8-4-5-9-17(16)19-14-22-15-23(19)11-7-13-25/h4-5,8-9,14-15,18,25H,6-7,10-13H2,1-3H3. The van der Waals surface area contributed by atoms with Crippen LogP contribution in [-0.4, -0.2) is 44.4 Å². The molecule has 0 saturated carbocycles. The van der Waals surface area contributed by atoms with Crippen molar-refractivity contribution in [2.75, 3.05) is 13.2 Å². The number of hydrogen-bond acceptors (Lipinski definition) is 4. The van der Waals surface area contributed by atoms with Gasteiger partial charge in [0.25, 0.3) is 0 Å². The molecule has 1 aliphatic heterocycles. The minimum absolute atomic E-state index is 0.00255. The number of carbonyl (C=O) groups is 1. The molecular formula is C21H29N3O3. The molecule has 2 heterocycles. The summed E-state index contributed by atoms with van der Waals surface area (Å²) in [5.41, 5.74) is 2.70. The molecule has 6 heteroatoms. The van der Waals surface area contributed by atoms with Gasteiger partial charge < -0.3 is 19.3 Å². The number of benzene rings is 1. The molecule has 1 aliphatic rings. The molecule has 1 unspecified atom stereocenters. The van der Waals surface area contributed by atoms with Gasteiger partial charge in [0.15, 0.2) is 0 Å². The predicted molar refractivity (Wildman–Crippen MR) is 104 cm³/mol. The Balaban J connectivity index is 1.92. The Kier molecular flexibility index (Phi) is 5.85. The van der Waals surface area contributed by atoms with E-state index in [1.54, 1.807) is 6.33 Å². The molecule has 2 aromatic rings. The topological polar surface area (TPSA) is 67.6 Å². The van der Waals surface area contributed by atoms with Crippen molar-refractivity contribution >= 4 is 6.09 Å². The normalized spacial score (nSPS) is 17.3. The van der Waals surface area contributed by atoms with E-state index < -0.39 is 5.60 Å². The Morgan fingerprint density at radius 2 is 2.11 bits per heavy atom. The molecule has 0 aliphatic carbocycles. The smallest absolute Gasteiger partial charge is 0.410 e. The molecule has 1 N–H and O–H groups in total. The molecule has 1 amide bonds. The van der Waals surface area contributed by atoms with Crippen molar-refractivity contribution in [3.05, 3.63) is 42.4 Å². The van der Waals surface area contributed by atoms with E-state index in [4.69, 9.17) is 9.84 Å². The third-order valence-electron chi connectivity index (χ3n) is 4.75. The van der Waals surface area contributed by atoms with Crippen LogP contribution < -0.4 is 0 Å². The molecule has 1 aromatic carbocycles. The highest BCUT2D eigenvalue weighted by Gasteiger charge is 2.34. The largest absolute Gasteiger partial charge is 0.444 e. The second kappa shape index (κ2) is 8.13. The summed E-state index contributed by atoms with van der Waals surface area (Å²) >= 11 is 0. The maximum absolute atomic E-state index is 12.7. The van der Waals surface area contributed by atoms with Crippen molar-refractivity contribution in [2.45, 2.75) is 58.2 Å². The molecule has 1 fully saturated rings. The first-order valence-corrected chi connectivity index (χ1v) is 9.60. The first kappa shape index (κ1) is 19.4. The highest BCUT2D eigenvalue weighted by molar-refractivity contribution is 5.71. The van der Waals surface area contributed by atoms with Gasteiger partial charge in [-0.25, -0.2) is 9.78 Å². The summed E-state index contributed by atoms with van der Waals surface area (Å²) in [7, 11) is 0. The number of ether oxygens (including phenoxy) is 1.